The Bertz CT molecular complexity index is 576. The second-order valence-electron chi connectivity index (χ2n) is 6.94. The Morgan fingerprint density at radius 2 is 1.88 bits per heavy atom. The molecule has 0 spiro atoms. The van der Waals surface area contributed by atoms with Gasteiger partial charge in [-0.05, 0) is 56.6 Å². The zero-order valence-electron chi connectivity index (χ0n) is 14.1. The summed E-state index contributed by atoms with van der Waals surface area (Å²) in [6.45, 7) is 2.33. The second-order valence-corrected chi connectivity index (χ2v) is 6.94. The van der Waals surface area contributed by atoms with Crippen molar-refractivity contribution in [3.8, 4) is 0 Å². The van der Waals surface area contributed by atoms with E-state index in [1.807, 2.05) is 0 Å². The van der Waals surface area contributed by atoms with Crippen LogP contribution in [0.15, 0.2) is 18.3 Å². The van der Waals surface area contributed by atoms with Crippen LogP contribution in [0.1, 0.15) is 45.4 Å². The third kappa shape index (κ3) is 5.03. The van der Waals surface area contributed by atoms with Crippen LogP contribution in [0.25, 0.3) is 0 Å². The molecule has 2 fully saturated rings. The Morgan fingerprint density at radius 3 is 2.50 bits per heavy atom. The molecule has 0 aliphatic heterocycles. The van der Waals surface area contributed by atoms with Crippen LogP contribution in [0.2, 0.25) is 0 Å². The molecule has 2 aliphatic rings. The average molecular weight is 331 g/mol. The number of pyridine rings is 1. The van der Waals surface area contributed by atoms with Crippen molar-refractivity contribution in [1.29, 1.82) is 0 Å². The van der Waals surface area contributed by atoms with Gasteiger partial charge in [0.2, 0.25) is 11.8 Å². The molecule has 1 heterocycles. The van der Waals surface area contributed by atoms with E-state index in [1.54, 1.807) is 18.3 Å². The van der Waals surface area contributed by atoms with E-state index in [9.17, 15) is 9.59 Å². The lowest BCUT2D eigenvalue weighted by Crippen LogP contribution is -2.26. The van der Waals surface area contributed by atoms with E-state index in [1.165, 1.54) is 12.8 Å². The highest BCUT2D eigenvalue weighted by molar-refractivity contribution is 5.94. The minimum Gasteiger partial charge on any atom is -0.368 e. The lowest BCUT2D eigenvalue weighted by molar-refractivity contribution is -0.123. The predicted molar refractivity (Wildman–Crippen MR) is 91.6 cm³/mol. The number of carbonyl (C=O) groups excluding carboxylic acids is 2. The van der Waals surface area contributed by atoms with Gasteiger partial charge in [-0.25, -0.2) is 4.98 Å². The molecular weight excluding hydrogens is 306 g/mol. The van der Waals surface area contributed by atoms with Gasteiger partial charge in [0, 0.05) is 5.92 Å². The molecule has 2 aliphatic carbocycles. The summed E-state index contributed by atoms with van der Waals surface area (Å²) in [6, 6.07) is 3.43. The number of nitrogens with zero attached hydrogens (tertiary/aromatic N) is 1. The fourth-order valence-electron chi connectivity index (χ4n) is 2.90. The number of anilines is 2. The maximum absolute atomic E-state index is 11.9. The van der Waals surface area contributed by atoms with Crippen molar-refractivity contribution in [2.45, 2.75) is 51.6 Å². The van der Waals surface area contributed by atoms with E-state index in [-0.39, 0.29) is 30.4 Å². The third-order valence-corrected chi connectivity index (χ3v) is 4.66. The van der Waals surface area contributed by atoms with E-state index in [4.69, 9.17) is 4.74 Å². The van der Waals surface area contributed by atoms with Gasteiger partial charge >= 0.3 is 0 Å². The Morgan fingerprint density at radius 1 is 1.12 bits per heavy atom. The first-order valence-electron chi connectivity index (χ1n) is 8.78. The number of amides is 2. The second kappa shape index (κ2) is 7.75. The van der Waals surface area contributed by atoms with Crippen LogP contribution in [0.3, 0.4) is 0 Å². The van der Waals surface area contributed by atoms with Crippen LogP contribution in [0.5, 0.6) is 0 Å². The molecule has 2 N–H and O–H groups in total. The molecule has 6 heteroatoms. The third-order valence-electron chi connectivity index (χ3n) is 4.66. The van der Waals surface area contributed by atoms with Crippen molar-refractivity contribution < 1.29 is 14.3 Å². The van der Waals surface area contributed by atoms with Gasteiger partial charge < -0.3 is 15.4 Å². The van der Waals surface area contributed by atoms with Crippen LogP contribution in [-0.2, 0) is 14.3 Å². The van der Waals surface area contributed by atoms with Crippen LogP contribution in [0, 0.1) is 11.8 Å². The number of ether oxygens (including phenoxy) is 1. The van der Waals surface area contributed by atoms with Crippen LogP contribution in [0.4, 0.5) is 11.5 Å². The quantitative estimate of drug-likeness (QED) is 0.840. The molecule has 1 aromatic rings. The molecule has 0 unspecified atom stereocenters. The van der Waals surface area contributed by atoms with Crippen LogP contribution < -0.4 is 10.6 Å². The van der Waals surface area contributed by atoms with Gasteiger partial charge in [0.1, 0.15) is 12.4 Å². The number of hydrogen-bond donors (Lipinski definition) is 2. The van der Waals surface area contributed by atoms with E-state index >= 15 is 0 Å². The first kappa shape index (κ1) is 16.9. The highest BCUT2D eigenvalue weighted by Gasteiger charge is 2.29. The molecule has 0 atom stereocenters. The van der Waals surface area contributed by atoms with Crippen LogP contribution in [-0.4, -0.2) is 29.5 Å². The summed E-state index contributed by atoms with van der Waals surface area (Å²) in [5, 5.41) is 5.54. The lowest BCUT2D eigenvalue weighted by atomic mass is 9.89. The smallest absolute Gasteiger partial charge is 0.250 e. The first-order chi connectivity index (χ1) is 11.6. The number of carbonyl (C=O) groups is 2. The molecule has 0 bridgehead atoms. The van der Waals surface area contributed by atoms with E-state index in [0.29, 0.717) is 11.5 Å². The van der Waals surface area contributed by atoms with Gasteiger partial charge in [0.05, 0.1) is 18.0 Å². The molecule has 0 saturated heterocycles. The zero-order valence-corrected chi connectivity index (χ0v) is 14.1. The summed E-state index contributed by atoms with van der Waals surface area (Å²) in [4.78, 5) is 27.8. The SMILES string of the molecule is CC1CCC(OCC(=O)Nc2ccc(NC(=O)C3CC3)nc2)CC1. The van der Waals surface area contributed by atoms with E-state index < -0.39 is 0 Å². The van der Waals surface area contributed by atoms with E-state index in [2.05, 4.69) is 22.5 Å². The van der Waals surface area contributed by atoms with Crippen molar-refractivity contribution in [3.63, 3.8) is 0 Å². The standard InChI is InChI=1S/C18H25N3O3/c1-12-2-7-15(8-3-12)24-11-17(22)20-14-6-9-16(19-10-14)21-18(23)13-4-5-13/h6,9-10,12-13,15H,2-5,7-8,11H2,1H3,(H,20,22)(H,19,21,23). The fraction of sp³-hybridized carbons (Fsp3) is 0.611. The molecule has 3 rings (SSSR count). The molecule has 1 aromatic heterocycles. The van der Waals surface area contributed by atoms with Crippen molar-refractivity contribution in [3.05, 3.63) is 18.3 Å². The normalized spacial score (nSPS) is 23.5. The minimum atomic E-state index is -0.176. The molecule has 130 valence electrons. The molecule has 2 amide bonds. The summed E-state index contributed by atoms with van der Waals surface area (Å²) in [6.07, 6.45) is 8.07. The first-order valence-corrected chi connectivity index (χ1v) is 8.78. The maximum Gasteiger partial charge on any atom is 0.250 e. The van der Waals surface area contributed by atoms with Gasteiger partial charge in [-0.3, -0.25) is 9.59 Å². The van der Waals surface area contributed by atoms with Gasteiger partial charge in [0.25, 0.3) is 0 Å². The highest BCUT2D eigenvalue weighted by atomic mass is 16.5. The number of nitrogens with one attached hydrogen (secondary N) is 2. The monoisotopic (exact) mass is 331 g/mol. The van der Waals surface area contributed by atoms with E-state index in [0.717, 1.165) is 31.6 Å². The topological polar surface area (TPSA) is 80.3 Å². The minimum absolute atomic E-state index is 0.0227. The fourth-order valence-corrected chi connectivity index (χ4v) is 2.90. The lowest BCUT2D eigenvalue weighted by Gasteiger charge is -2.25. The zero-order chi connectivity index (χ0) is 16.9. The molecule has 6 nitrogen and oxygen atoms in total. The van der Waals surface area contributed by atoms with Gasteiger partial charge in [-0.15, -0.1) is 0 Å². The average Bonchev–Trinajstić information content (AvgIpc) is 3.41. The van der Waals surface area contributed by atoms with Gasteiger partial charge in [-0.2, -0.15) is 0 Å². The molecule has 0 radical (unpaired) electrons. The van der Waals surface area contributed by atoms with Crippen LogP contribution >= 0.6 is 0 Å². The summed E-state index contributed by atoms with van der Waals surface area (Å²) in [5.41, 5.74) is 0.602. The van der Waals surface area contributed by atoms with Crippen molar-refractivity contribution in [2.75, 3.05) is 17.2 Å². The van der Waals surface area contributed by atoms with Crippen molar-refractivity contribution >= 4 is 23.3 Å². The van der Waals surface area contributed by atoms with Crippen molar-refractivity contribution in [1.82, 2.24) is 4.98 Å². The summed E-state index contributed by atoms with van der Waals surface area (Å²) < 4.78 is 5.69. The number of aromatic nitrogens is 1. The Kier molecular flexibility index (Phi) is 5.45. The summed E-state index contributed by atoms with van der Waals surface area (Å²) >= 11 is 0. The Hall–Kier alpha value is -1.95. The predicted octanol–water partition coefficient (Wildman–Crippen LogP) is 2.96. The summed E-state index contributed by atoms with van der Waals surface area (Å²) in [5.74, 6) is 1.27. The highest BCUT2D eigenvalue weighted by Crippen LogP contribution is 2.30. The maximum atomic E-state index is 11.9. The molecular formula is C18H25N3O3. The van der Waals surface area contributed by atoms with Gasteiger partial charge in [-0.1, -0.05) is 6.92 Å². The van der Waals surface area contributed by atoms with Gasteiger partial charge in [0.15, 0.2) is 0 Å². The molecule has 2 saturated carbocycles. The Labute approximate surface area is 142 Å². The molecule has 24 heavy (non-hydrogen) atoms. The largest absolute Gasteiger partial charge is 0.368 e. The number of hydrogen-bond acceptors (Lipinski definition) is 4. The number of rotatable bonds is 6. The van der Waals surface area contributed by atoms with Crippen molar-refractivity contribution in [2.24, 2.45) is 11.8 Å². The summed E-state index contributed by atoms with van der Waals surface area (Å²) in [7, 11) is 0. The Balaban J connectivity index is 1.40. The molecule has 0 aromatic carbocycles.